The molecule has 1 aliphatic heterocycles. The van der Waals surface area contributed by atoms with Crippen LogP contribution in [0.3, 0.4) is 0 Å². The molecule has 0 spiro atoms. The van der Waals surface area contributed by atoms with Crippen LogP contribution in [0.25, 0.3) is 5.65 Å². The lowest BCUT2D eigenvalue weighted by Crippen LogP contribution is -2.35. The Hall–Kier alpha value is -1.90. The Labute approximate surface area is 142 Å². The van der Waals surface area contributed by atoms with Gasteiger partial charge in [-0.3, -0.25) is 0 Å². The summed E-state index contributed by atoms with van der Waals surface area (Å²) in [6, 6.07) is 0.146. The van der Waals surface area contributed by atoms with Crippen LogP contribution in [-0.4, -0.2) is 38.6 Å². The van der Waals surface area contributed by atoms with Gasteiger partial charge in [0.15, 0.2) is 11.5 Å². The Morgan fingerprint density at radius 1 is 1.12 bits per heavy atom. The van der Waals surface area contributed by atoms with Gasteiger partial charge in [0.1, 0.15) is 0 Å². The summed E-state index contributed by atoms with van der Waals surface area (Å²) in [7, 11) is 0. The number of hydrogen-bond acceptors (Lipinski definition) is 5. The van der Waals surface area contributed by atoms with Gasteiger partial charge in [-0.1, -0.05) is 0 Å². The number of rotatable bonds is 3. The summed E-state index contributed by atoms with van der Waals surface area (Å²) in [5.41, 5.74) is 1.58. The second kappa shape index (κ2) is 5.82. The third-order valence-corrected chi connectivity index (χ3v) is 5.15. The largest absolute Gasteiger partial charge is 0.453 e. The SMILES string of the molecule is Cc1c(NC2CCOC(C3CC3)C2)nn2c(C(F)(F)F)nnc2c1C. The fourth-order valence-corrected chi connectivity index (χ4v) is 3.39. The van der Waals surface area contributed by atoms with E-state index in [-0.39, 0.29) is 17.8 Å². The summed E-state index contributed by atoms with van der Waals surface area (Å²) in [6.45, 7) is 4.24. The van der Waals surface area contributed by atoms with E-state index >= 15 is 0 Å². The Morgan fingerprint density at radius 2 is 1.88 bits per heavy atom. The van der Waals surface area contributed by atoms with Gasteiger partial charge in [0.25, 0.3) is 5.82 Å². The molecular formula is C16H20F3N5O. The van der Waals surface area contributed by atoms with Crippen LogP contribution in [0.4, 0.5) is 19.0 Å². The minimum absolute atomic E-state index is 0.137. The number of ether oxygens (including phenoxy) is 1. The van der Waals surface area contributed by atoms with Gasteiger partial charge in [0, 0.05) is 18.2 Å². The quantitative estimate of drug-likeness (QED) is 0.916. The molecule has 4 rings (SSSR count). The van der Waals surface area contributed by atoms with Crippen molar-refractivity contribution in [3.05, 3.63) is 17.0 Å². The van der Waals surface area contributed by atoms with Crippen molar-refractivity contribution in [3.8, 4) is 0 Å². The number of fused-ring (bicyclic) bond motifs is 1. The lowest BCUT2D eigenvalue weighted by molar-refractivity contribution is -0.146. The van der Waals surface area contributed by atoms with Gasteiger partial charge >= 0.3 is 6.18 Å². The average Bonchev–Trinajstić information content (AvgIpc) is 3.31. The smallest absolute Gasteiger partial charge is 0.378 e. The molecule has 2 fully saturated rings. The first-order valence-corrected chi connectivity index (χ1v) is 8.52. The number of halogens is 3. The molecule has 1 saturated heterocycles. The van der Waals surface area contributed by atoms with Crippen LogP contribution in [0, 0.1) is 19.8 Å². The first kappa shape index (κ1) is 16.6. The summed E-state index contributed by atoms with van der Waals surface area (Å²) in [4.78, 5) is 0. The summed E-state index contributed by atoms with van der Waals surface area (Å²) in [5, 5.41) is 14.4. The third-order valence-electron chi connectivity index (χ3n) is 5.15. The van der Waals surface area contributed by atoms with E-state index in [1.54, 1.807) is 6.92 Å². The zero-order valence-electron chi connectivity index (χ0n) is 14.1. The first-order chi connectivity index (χ1) is 11.8. The zero-order valence-corrected chi connectivity index (χ0v) is 14.1. The fourth-order valence-electron chi connectivity index (χ4n) is 3.39. The molecule has 3 heterocycles. The number of aromatic nitrogens is 4. The van der Waals surface area contributed by atoms with Crippen molar-refractivity contribution >= 4 is 11.5 Å². The van der Waals surface area contributed by atoms with Crippen LogP contribution in [0.15, 0.2) is 0 Å². The predicted molar refractivity (Wildman–Crippen MR) is 84.4 cm³/mol. The molecule has 2 aromatic heterocycles. The maximum absolute atomic E-state index is 13.1. The van der Waals surface area contributed by atoms with Crippen LogP contribution in [0.5, 0.6) is 0 Å². The van der Waals surface area contributed by atoms with Gasteiger partial charge in [-0.25, -0.2) is 0 Å². The first-order valence-electron chi connectivity index (χ1n) is 8.52. The molecule has 6 nitrogen and oxygen atoms in total. The van der Waals surface area contributed by atoms with Crippen molar-refractivity contribution in [3.63, 3.8) is 0 Å². The van der Waals surface area contributed by atoms with Crippen molar-refractivity contribution in [1.82, 2.24) is 19.8 Å². The second-order valence-corrected chi connectivity index (χ2v) is 6.97. The van der Waals surface area contributed by atoms with Gasteiger partial charge in [0.2, 0.25) is 0 Å². The minimum atomic E-state index is -4.60. The van der Waals surface area contributed by atoms with Crippen LogP contribution < -0.4 is 5.32 Å². The molecule has 1 aliphatic carbocycles. The molecule has 0 aromatic carbocycles. The number of nitrogens with zero attached hydrogens (tertiary/aromatic N) is 4. The molecule has 2 unspecified atom stereocenters. The normalized spacial score (nSPS) is 24.7. The average molecular weight is 355 g/mol. The Morgan fingerprint density at radius 3 is 2.56 bits per heavy atom. The van der Waals surface area contributed by atoms with Crippen molar-refractivity contribution in [2.24, 2.45) is 5.92 Å². The molecule has 9 heteroatoms. The van der Waals surface area contributed by atoms with E-state index in [9.17, 15) is 13.2 Å². The molecule has 0 bridgehead atoms. The predicted octanol–water partition coefficient (Wildman–Crippen LogP) is 3.13. The molecule has 0 radical (unpaired) electrons. The highest BCUT2D eigenvalue weighted by atomic mass is 19.4. The van der Waals surface area contributed by atoms with E-state index in [1.807, 2.05) is 6.92 Å². The fraction of sp³-hybridized carbons (Fsp3) is 0.688. The monoisotopic (exact) mass is 355 g/mol. The molecule has 0 amide bonds. The minimum Gasteiger partial charge on any atom is -0.378 e. The molecule has 2 atom stereocenters. The maximum Gasteiger partial charge on any atom is 0.453 e. The summed E-state index contributed by atoms with van der Waals surface area (Å²) in [6.07, 6.45) is -0.268. The van der Waals surface area contributed by atoms with Gasteiger partial charge in [-0.05, 0) is 51.0 Å². The Kier molecular flexibility index (Phi) is 3.86. The number of nitrogens with one attached hydrogen (secondary N) is 1. The summed E-state index contributed by atoms with van der Waals surface area (Å²) >= 11 is 0. The number of alkyl halides is 3. The second-order valence-electron chi connectivity index (χ2n) is 6.97. The van der Waals surface area contributed by atoms with E-state index in [1.165, 1.54) is 12.8 Å². The number of aryl methyl sites for hydroxylation is 1. The molecule has 2 aromatic rings. The van der Waals surface area contributed by atoms with Crippen LogP contribution in [-0.2, 0) is 10.9 Å². The van der Waals surface area contributed by atoms with Gasteiger partial charge in [-0.15, -0.1) is 15.3 Å². The number of hydrogen-bond donors (Lipinski definition) is 1. The molecule has 136 valence electrons. The maximum atomic E-state index is 13.1. The standard InChI is InChI=1S/C16H20F3N5O/c1-8-9(2)14-21-22-15(16(17,18)19)24(14)23-13(8)20-11-5-6-25-12(7-11)10-3-4-10/h10-12H,3-7H2,1-2H3,(H,20,23). The van der Waals surface area contributed by atoms with Crippen molar-refractivity contribution < 1.29 is 17.9 Å². The highest BCUT2D eigenvalue weighted by Crippen LogP contribution is 2.38. The molecule has 1 saturated carbocycles. The molecule has 1 N–H and O–H groups in total. The van der Waals surface area contributed by atoms with Crippen LogP contribution in [0.2, 0.25) is 0 Å². The van der Waals surface area contributed by atoms with Gasteiger partial charge < -0.3 is 10.1 Å². The van der Waals surface area contributed by atoms with Crippen molar-refractivity contribution in [1.29, 1.82) is 0 Å². The Bertz CT molecular complexity index is 799. The topological polar surface area (TPSA) is 64.3 Å². The molecule has 2 aliphatic rings. The lowest BCUT2D eigenvalue weighted by atomic mass is 10.00. The zero-order chi connectivity index (χ0) is 17.8. The third kappa shape index (κ3) is 3.05. The van der Waals surface area contributed by atoms with Crippen LogP contribution in [0.1, 0.15) is 42.6 Å². The Balaban J connectivity index is 1.65. The van der Waals surface area contributed by atoms with Gasteiger partial charge in [-0.2, -0.15) is 17.7 Å². The van der Waals surface area contributed by atoms with E-state index < -0.39 is 12.0 Å². The van der Waals surface area contributed by atoms with Crippen LogP contribution >= 0.6 is 0 Å². The molecule has 25 heavy (non-hydrogen) atoms. The number of anilines is 1. The van der Waals surface area contributed by atoms with Crippen molar-refractivity contribution in [2.45, 2.75) is 57.9 Å². The summed E-state index contributed by atoms with van der Waals surface area (Å²) < 4.78 is 46.0. The highest BCUT2D eigenvalue weighted by Gasteiger charge is 2.39. The van der Waals surface area contributed by atoms with E-state index in [4.69, 9.17) is 4.74 Å². The molecular weight excluding hydrogens is 335 g/mol. The van der Waals surface area contributed by atoms with Crippen molar-refractivity contribution in [2.75, 3.05) is 11.9 Å². The summed E-state index contributed by atoms with van der Waals surface area (Å²) in [5.74, 6) is -0.00853. The highest BCUT2D eigenvalue weighted by molar-refractivity contribution is 5.58. The van der Waals surface area contributed by atoms with Gasteiger partial charge in [0.05, 0.1) is 6.10 Å². The lowest BCUT2D eigenvalue weighted by Gasteiger charge is -2.31. The van der Waals surface area contributed by atoms with E-state index in [0.717, 1.165) is 22.9 Å². The van der Waals surface area contributed by atoms with E-state index in [2.05, 4.69) is 20.6 Å². The van der Waals surface area contributed by atoms with E-state index in [0.29, 0.717) is 23.9 Å².